The first-order valence-electron chi connectivity index (χ1n) is 12.2. The molecule has 0 aromatic heterocycles. The minimum atomic E-state index is -4.06. The van der Waals surface area contributed by atoms with Gasteiger partial charge in [0.05, 0.1) is 11.9 Å². The molecule has 1 N–H and O–H groups in total. The lowest BCUT2D eigenvalue weighted by molar-refractivity contribution is -0.0325. The van der Waals surface area contributed by atoms with E-state index in [2.05, 4.69) is 4.40 Å². The summed E-state index contributed by atoms with van der Waals surface area (Å²) in [6, 6.07) is 26.4. The van der Waals surface area contributed by atoms with E-state index in [1.807, 2.05) is 92.8 Å². The largest absolute Gasteiger partial charge is 0.481 e. The summed E-state index contributed by atoms with van der Waals surface area (Å²) in [7, 11) is -5.40. The summed E-state index contributed by atoms with van der Waals surface area (Å²) in [4.78, 5) is 0. The zero-order chi connectivity index (χ0) is 27.5. The van der Waals surface area contributed by atoms with Crippen LogP contribution in [0.5, 0.6) is 0 Å². The Balaban J connectivity index is 2.35. The summed E-state index contributed by atoms with van der Waals surface area (Å²) in [5.41, 5.74) is -0.0827. The van der Waals surface area contributed by atoms with Crippen molar-refractivity contribution in [2.75, 3.05) is 7.11 Å². The first-order chi connectivity index (χ1) is 17.2. The van der Waals surface area contributed by atoms with Crippen molar-refractivity contribution in [2.45, 2.75) is 57.2 Å². The zero-order valence-electron chi connectivity index (χ0n) is 22.6. The minimum absolute atomic E-state index is 0.347. The number of methoxy groups -OCH3 is 1. The molecule has 3 aromatic carbocycles. The number of aryl methyl sites for hydroxylation is 1. The van der Waals surface area contributed by atoms with Crippen LogP contribution in [-0.2, 0) is 24.8 Å². The van der Waals surface area contributed by atoms with Crippen molar-refractivity contribution < 1.29 is 22.7 Å². The van der Waals surface area contributed by atoms with Gasteiger partial charge in [-0.2, -0.15) is 0 Å². The van der Waals surface area contributed by atoms with E-state index in [1.165, 1.54) is 7.11 Å². The smallest absolute Gasteiger partial charge is 0.261 e. The molecule has 8 heteroatoms. The molecule has 0 amide bonds. The molecule has 0 fully saturated rings. The third-order valence-electron chi connectivity index (χ3n) is 6.32. The summed E-state index contributed by atoms with van der Waals surface area (Å²) in [6.07, 6.45) is -1.02. The fourth-order valence-corrected chi connectivity index (χ4v) is 6.74. The highest BCUT2D eigenvalue weighted by Crippen LogP contribution is 2.42. The number of rotatable bonds is 8. The SMILES string of the molecule is CO/C(=N/S(=O)(=O)C(C)(C)C)[C@](O)(c1cccc(C)c1)[C@@H](O[Si](C)(C)c1ccccc1)c1ccccc1. The zero-order valence-corrected chi connectivity index (χ0v) is 24.4. The highest BCUT2D eigenvalue weighted by molar-refractivity contribution is 7.91. The van der Waals surface area contributed by atoms with Crippen molar-refractivity contribution >= 4 is 29.4 Å². The molecule has 6 nitrogen and oxygen atoms in total. The van der Waals surface area contributed by atoms with Gasteiger partial charge in [0.15, 0.2) is 5.60 Å². The number of aliphatic hydroxyl groups is 1. The molecular formula is C29H37NO5SSi. The summed E-state index contributed by atoms with van der Waals surface area (Å²) in [5, 5.41) is 13.7. The van der Waals surface area contributed by atoms with E-state index in [0.717, 1.165) is 10.8 Å². The summed E-state index contributed by atoms with van der Waals surface area (Å²) in [6.45, 7) is 10.7. The number of hydrogen-bond donors (Lipinski definition) is 1. The molecule has 0 bridgehead atoms. The highest BCUT2D eigenvalue weighted by atomic mass is 32.2. The number of sulfonamides is 1. The number of ether oxygens (including phenoxy) is 1. The fraction of sp³-hybridized carbons (Fsp3) is 0.345. The number of nitrogens with zero attached hydrogens (tertiary/aromatic N) is 1. The molecule has 3 aromatic rings. The van der Waals surface area contributed by atoms with Gasteiger partial charge in [0.1, 0.15) is 6.10 Å². The van der Waals surface area contributed by atoms with E-state index in [-0.39, 0.29) is 5.90 Å². The van der Waals surface area contributed by atoms with E-state index in [0.29, 0.717) is 11.1 Å². The third-order valence-corrected chi connectivity index (χ3v) is 10.8. The van der Waals surface area contributed by atoms with Gasteiger partial charge in [-0.3, -0.25) is 0 Å². The summed E-state index contributed by atoms with van der Waals surface area (Å²) in [5.74, 6) is -0.347. The fourth-order valence-electron chi connectivity index (χ4n) is 4.00. The van der Waals surface area contributed by atoms with Gasteiger partial charge < -0.3 is 14.3 Å². The van der Waals surface area contributed by atoms with Crippen LogP contribution in [0.4, 0.5) is 0 Å². The maximum atomic E-state index is 13.2. The molecule has 0 spiro atoms. The predicted octanol–water partition coefficient (Wildman–Crippen LogP) is 5.23. The second-order valence-corrected chi connectivity index (χ2v) is 16.8. The summed E-state index contributed by atoms with van der Waals surface area (Å²) >= 11 is 0. The second-order valence-electron chi connectivity index (χ2n) is 10.6. The molecule has 0 saturated heterocycles. The van der Waals surface area contributed by atoms with Crippen LogP contribution in [0.1, 0.15) is 43.6 Å². The quantitative estimate of drug-likeness (QED) is 0.241. The van der Waals surface area contributed by atoms with Crippen molar-refractivity contribution in [1.29, 1.82) is 0 Å². The van der Waals surface area contributed by atoms with E-state index < -0.39 is 34.8 Å². The Morgan fingerprint density at radius 3 is 2.00 bits per heavy atom. The van der Waals surface area contributed by atoms with Gasteiger partial charge in [0.25, 0.3) is 10.0 Å². The highest BCUT2D eigenvalue weighted by Gasteiger charge is 2.50. The van der Waals surface area contributed by atoms with Crippen LogP contribution in [0.3, 0.4) is 0 Å². The Kier molecular flexibility index (Phi) is 8.49. The van der Waals surface area contributed by atoms with Gasteiger partial charge in [-0.05, 0) is 57.1 Å². The molecule has 0 unspecified atom stereocenters. The molecule has 0 radical (unpaired) electrons. The molecule has 2 atom stereocenters. The number of hydrogen-bond acceptors (Lipinski definition) is 5. The van der Waals surface area contributed by atoms with Gasteiger partial charge in [0, 0.05) is 0 Å². The summed E-state index contributed by atoms with van der Waals surface area (Å²) < 4.78 is 41.8. The average molecular weight is 540 g/mol. The molecular weight excluding hydrogens is 502 g/mol. The van der Waals surface area contributed by atoms with Gasteiger partial charge in [0.2, 0.25) is 14.2 Å². The van der Waals surface area contributed by atoms with E-state index in [9.17, 15) is 13.5 Å². The van der Waals surface area contributed by atoms with Crippen LogP contribution in [0.25, 0.3) is 0 Å². The lowest BCUT2D eigenvalue weighted by atomic mass is 9.83. The van der Waals surface area contributed by atoms with Crippen molar-refractivity contribution in [1.82, 2.24) is 0 Å². The van der Waals surface area contributed by atoms with Gasteiger partial charge in [-0.15, -0.1) is 4.40 Å². The van der Waals surface area contributed by atoms with Crippen LogP contribution < -0.4 is 5.19 Å². The maximum Gasteiger partial charge on any atom is 0.261 e. The molecule has 0 saturated carbocycles. The van der Waals surface area contributed by atoms with Crippen LogP contribution >= 0.6 is 0 Å². The van der Waals surface area contributed by atoms with Crippen LogP contribution in [-0.4, -0.2) is 39.6 Å². The molecule has 0 aliphatic rings. The van der Waals surface area contributed by atoms with Crippen LogP contribution in [0, 0.1) is 6.92 Å². The molecule has 0 aliphatic carbocycles. The van der Waals surface area contributed by atoms with Gasteiger partial charge >= 0.3 is 0 Å². The standard InChI is InChI=1S/C29H37NO5SSi/c1-22-15-14-18-24(21-22)29(31,27(34-5)30-36(32,33)28(2,3)4)26(23-16-10-8-11-17-23)35-37(6,7)25-19-12-9-13-20-25/h8-21,26,31H,1-7H3/b30-27+/t26-,29-/m0/s1. The van der Waals surface area contributed by atoms with Crippen LogP contribution in [0.2, 0.25) is 13.1 Å². The van der Waals surface area contributed by atoms with Gasteiger partial charge in [-0.1, -0.05) is 90.5 Å². The van der Waals surface area contributed by atoms with Crippen molar-refractivity contribution in [2.24, 2.45) is 4.40 Å². The van der Waals surface area contributed by atoms with Crippen molar-refractivity contribution in [3.63, 3.8) is 0 Å². The first kappa shape index (κ1) is 28.8. The number of benzene rings is 3. The monoisotopic (exact) mass is 539 g/mol. The van der Waals surface area contributed by atoms with Gasteiger partial charge in [-0.25, -0.2) is 8.42 Å². The van der Waals surface area contributed by atoms with E-state index in [1.54, 1.807) is 32.9 Å². The topological polar surface area (TPSA) is 85.2 Å². The minimum Gasteiger partial charge on any atom is -0.481 e. The predicted molar refractivity (Wildman–Crippen MR) is 152 cm³/mol. The van der Waals surface area contributed by atoms with Crippen LogP contribution in [0.15, 0.2) is 89.3 Å². The Morgan fingerprint density at radius 1 is 0.919 bits per heavy atom. The molecule has 37 heavy (non-hydrogen) atoms. The van der Waals surface area contributed by atoms with E-state index in [4.69, 9.17) is 9.16 Å². The Bertz CT molecular complexity index is 1340. The third kappa shape index (κ3) is 6.21. The lowest BCUT2D eigenvalue weighted by Crippen LogP contribution is -2.52. The molecule has 3 rings (SSSR count). The van der Waals surface area contributed by atoms with Crippen molar-refractivity contribution in [3.05, 3.63) is 102 Å². The Hall–Kier alpha value is -2.78. The maximum absolute atomic E-state index is 13.2. The molecule has 198 valence electrons. The lowest BCUT2D eigenvalue weighted by Gasteiger charge is -2.41. The van der Waals surface area contributed by atoms with E-state index >= 15 is 0 Å². The van der Waals surface area contributed by atoms with Crippen molar-refractivity contribution in [3.8, 4) is 0 Å². The normalized spacial score (nSPS) is 15.6. The molecule has 0 aliphatic heterocycles. The first-order valence-corrected chi connectivity index (χ1v) is 16.5. The average Bonchev–Trinajstić information content (AvgIpc) is 2.86. The second kappa shape index (κ2) is 10.9. The molecule has 0 heterocycles. The Labute approximate surface area is 222 Å². The Morgan fingerprint density at radius 2 is 1.49 bits per heavy atom.